The minimum Gasteiger partial charge on any atom is -0.451 e. The van der Waals surface area contributed by atoms with Crippen LogP contribution in [-0.4, -0.2) is 8.42 Å². The maximum Gasteiger partial charge on any atom is 0.262 e. The van der Waals surface area contributed by atoms with Gasteiger partial charge in [-0.25, -0.2) is 12.8 Å². The Labute approximate surface area is 124 Å². The van der Waals surface area contributed by atoms with Crippen molar-refractivity contribution in [2.75, 3.05) is 0 Å². The number of halogens is 3. The molecule has 3 nitrogen and oxygen atoms in total. The van der Waals surface area contributed by atoms with Gasteiger partial charge in [-0.3, -0.25) is 0 Å². The van der Waals surface area contributed by atoms with Crippen molar-refractivity contribution in [1.82, 2.24) is 0 Å². The predicted molar refractivity (Wildman–Crippen MR) is 73.7 cm³/mol. The molecule has 3 rings (SSSR count). The van der Waals surface area contributed by atoms with Gasteiger partial charge in [-0.1, -0.05) is 41.9 Å². The number of benzene rings is 2. The lowest BCUT2D eigenvalue weighted by Gasteiger charge is -2.20. The smallest absolute Gasteiger partial charge is 0.262 e. The fourth-order valence-electron chi connectivity index (χ4n) is 1.93. The van der Waals surface area contributed by atoms with Crippen LogP contribution in [0, 0.1) is 5.82 Å². The van der Waals surface area contributed by atoms with Gasteiger partial charge in [-0.15, -0.1) is 0 Å². The first-order valence-electron chi connectivity index (χ1n) is 5.78. The highest BCUT2D eigenvalue weighted by Crippen LogP contribution is 2.42. The van der Waals surface area contributed by atoms with E-state index in [0.29, 0.717) is 0 Å². The molecule has 1 aliphatic heterocycles. The average molecular weight is 329 g/mol. The third-order valence-corrected chi connectivity index (χ3v) is 4.78. The standard InChI is InChI=1S/C14H7ClF2O3S/c15-9-6-12-11(7-10(9)16)20-13(14(17)21(12,18)19)8-4-2-1-3-5-8/h1-7H. The van der Waals surface area contributed by atoms with E-state index in [1.165, 1.54) is 12.1 Å². The second kappa shape index (κ2) is 4.82. The van der Waals surface area contributed by atoms with E-state index < -0.39 is 36.5 Å². The van der Waals surface area contributed by atoms with Crippen LogP contribution < -0.4 is 4.74 Å². The Morgan fingerprint density at radius 3 is 2.38 bits per heavy atom. The molecule has 7 heteroatoms. The van der Waals surface area contributed by atoms with E-state index >= 15 is 0 Å². The van der Waals surface area contributed by atoms with Crippen LogP contribution in [0.2, 0.25) is 5.02 Å². The summed E-state index contributed by atoms with van der Waals surface area (Å²) in [6.45, 7) is 0. The normalized spacial score (nSPS) is 16.3. The van der Waals surface area contributed by atoms with Gasteiger partial charge >= 0.3 is 0 Å². The Bertz CT molecular complexity index is 861. The Morgan fingerprint density at radius 2 is 1.71 bits per heavy atom. The molecule has 0 amide bonds. The molecule has 2 aromatic carbocycles. The van der Waals surface area contributed by atoms with Crippen molar-refractivity contribution in [3.63, 3.8) is 0 Å². The van der Waals surface area contributed by atoms with Crippen LogP contribution in [0.3, 0.4) is 0 Å². The first kappa shape index (κ1) is 14.0. The molecule has 0 N–H and O–H groups in total. The highest BCUT2D eigenvalue weighted by atomic mass is 35.5. The van der Waals surface area contributed by atoms with Crippen molar-refractivity contribution < 1.29 is 21.9 Å². The summed E-state index contributed by atoms with van der Waals surface area (Å²) in [4.78, 5) is -0.494. The van der Waals surface area contributed by atoms with Gasteiger partial charge in [0, 0.05) is 11.6 Å². The molecule has 0 aliphatic carbocycles. The summed E-state index contributed by atoms with van der Waals surface area (Å²) in [5, 5.41) is -1.85. The third kappa shape index (κ3) is 2.20. The highest BCUT2D eigenvalue weighted by molar-refractivity contribution is 7.95. The van der Waals surface area contributed by atoms with Crippen LogP contribution in [0.4, 0.5) is 8.78 Å². The van der Waals surface area contributed by atoms with E-state index in [0.717, 1.165) is 12.1 Å². The summed E-state index contributed by atoms with van der Waals surface area (Å²) in [5.74, 6) is -1.61. The third-order valence-electron chi connectivity index (χ3n) is 2.94. The second-order valence-electron chi connectivity index (χ2n) is 4.29. The largest absolute Gasteiger partial charge is 0.451 e. The topological polar surface area (TPSA) is 43.4 Å². The number of hydrogen-bond donors (Lipinski definition) is 0. The van der Waals surface area contributed by atoms with Crippen molar-refractivity contribution in [1.29, 1.82) is 0 Å². The number of rotatable bonds is 1. The van der Waals surface area contributed by atoms with Crippen LogP contribution in [0.15, 0.2) is 52.5 Å². The summed E-state index contributed by atoms with van der Waals surface area (Å²) >= 11 is 5.54. The van der Waals surface area contributed by atoms with Crippen molar-refractivity contribution in [3.05, 3.63) is 64.0 Å². The van der Waals surface area contributed by atoms with E-state index in [9.17, 15) is 17.2 Å². The summed E-state index contributed by atoms with van der Waals surface area (Å²) in [6, 6.07) is 9.52. The average Bonchev–Trinajstić information content (AvgIpc) is 2.46. The molecule has 0 saturated carbocycles. The predicted octanol–water partition coefficient (Wildman–Crippen LogP) is 3.94. The van der Waals surface area contributed by atoms with Gasteiger partial charge in [0.05, 0.1) is 5.02 Å². The number of hydrogen-bond acceptors (Lipinski definition) is 3. The molecular weight excluding hydrogens is 322 g/mol. The van der Waals surface area contributed by atoms with Crippen LogP contribution in [0.1, 0.15) is 5.56 Å². The monoisotopic (exact) mass is 328 g/mol. The molecule has 0 radical (unpaired) electrons. The van der Waals surface area contributed by atoms with Crippen molar-refractivity contribution in [2.45, 2.75) is 4.90 Å². The molecule has 0 spiro atoms. The fraction of sp³-hybridized carbons (Fsp3) is 0. The molecule has 108 valence electrons. The molecule has 0 unspecified atom stereocenters. The highest BCUT2D eigenvalue weighted by Gasteiger charge is 2.36. The molecule has 2 aromatic rings. The Morgan fingerprint density at radius 1 is 1.05 bits per heavy atom. The molecule has 21 heavy (non-hydrogen) atoms. The fourth-order valence-corrected chi connectivity index (χ4v) is 3.39. The van der Waals surface area contributed by atoms with Gasteiger partial charge < -0.3 is 4.74 Å². The van der Waals surface area contributed by atoms with Gasteiger partial charge in [0.2, 0.25) is 9.84 Å². The van der Waals surface area contributed by atoms with E-state index in [1.807, 2.05) is 0 Å². The summed E-state index contributed by atoms with van der Waals surface area (Å²) in [6.07, 6.45) is 0. The first-order valence-corrected chi connectivity index (χ1v) is 7.64. The van der Waals surface area contributed by atoms with Gasteiger partial charge in [-0.05, 0) is 6.07 Å². The van der Waals surface area contributed by atoms with E-state index in [2.05, 4.69) is 0 Å². The minimum absolute atomic E-state index is 0.236. The van der Waals surface area contributed by atoms with Crippen LogP contribution in [0.5, 0.6) is 5.75 Å². The minimum atomic E-state index is -4.42. The summed E-state index contributed by atoms with van der Waals surface area (Å²) in [7, 11) is -4.42. The molecule has 1 aliphatic rings. The lowest BCUT2D eigenvalue weighted by Crippen LogP contribution is -2.15. The lowest BCUT2D eigenvalue weighted by atomic mass is 10.2. The second-order valence-corrected chi connectivity index (χ2v) is 6.50. The lowest BCUT2D eigenvalue weighted by molar-refractivity contribution is 0.460. The number of sulfone groups is 1. The van der Waals surface area contributed by atoms with Gasteiger partial charge in [0.15, 0.2) is 5.76 Å². The SMILES string of the molecule is O=S1(=O)C(F)=C(c2ccccc2)Oc2cc(F)c(Cl)cc21. The van der Waals surface area contributed by atoms with E-state index in [1.54, 1.807) is 18.2 Å². The van der Waals surface area contributed by atoms with E-state index in [4.69, 9.17) is 16.3 Å². The zero-order valence-corrected chi connectivity index (χ0v) is 11.9. The van der Waals surface area contributed by atoms with Gasteiger partial charge in [0.1, 0.15) is 16.5 Å². The van der Waals surface area contributed by atoms with E-state index in [-0.39, 0.29) is 11.3 Å². The molecule has 0 saturated heterocycles. The van der Waals surface area contributed by atoms with Crippen molar-refractivity contribution >= 4 is 27.2 Å². The van der Waals surface area contributed by atoms with Crippen LogP contribution in [-0.2, 0) is 9.84 Å². The maximum atomic E-state index is 14.3. The molecular formula is C14H7ClF2O3S. The Kier molecular flexibility index (Phi) is 3.22. The summed E-state index contributed by atoms with van der Waals surface area (Å²) in [5.41, 5.74) is 0.236. The van der Waals surface area contributed by atoms with Crippen LogP contribution >= 0.6 is 11.6 Å². The van der Waals surface area contributed by atoms with Crippen LogP contribution in [0.25, 0.3) is 5.76 Å². The zero-order chi connectivity index (χ0) is 15.2. The molecule has 0 fully saturated rings. The van der Waals surface area contributed by atoms with Crippen molar-refractivity contribution in [2.24, 2.45) is 0 Å². The first-order chi connectivity index (χ1) is 9.91. The maximum absolute atomic E-state index is 14.3. The molecule has 0 bridgehead atoms. The number of ether oxygens (including phenoxy) is 1. The Hall–Kier alpha value is -1.92. The zero-order valence-electron chi connectivity index (χ0n) is 10.3. The molecule has 0 aromatic heterocycles. The number of fused-ring (bicyclic) bond motifs is 1. The van der Waals surface area contributed by atoms with Gasteiger partial charge in [0.25, 0.3) is 5.16 Å². The van der Waals surface area contributed by atoms with Crippen molar-refractivity contribution in [3.8, 4) is 5.75 Å². The Balaban J connectivity index is 2.26. The summed E-state index contributed by atoms with van der Waals surface area (Å²) < 4.78 is 57.3. The molecule has 1 heterocycles. The molecule has 0 atom stereocenters. The van der Waals surface area contributed by atoms with Gasteiger partial charge in [-0.2, -0.15) is 4.39 Å². The quantitative estimate of drug-likeness (QED) is 0.745.